The van der Waals surface area contributed by atoms with E-state index >= 15 is 0 Å². The molecule has 6 heteroatoms. The summed E-state index contributed by atoms with van der Waals surface area (Å²) < 4.78 is 20.1. The minimum Gasteiger partial charge on any atom is -0.361 e. The summed E-state index contributed by atoms with van der Waals surface area (Å²) in [4.78, 5) is 28.5. The zero-order chi connectivity index (χ0) is 17.5. The lowest BCUT2D eigenvalue weighted by Crippen LogP contribution is -2.50. The van der Waals surface area contributed by atoms with Gasteiger partial charge in [0.1, 0.15) is 11.4 Å². The summed E-state index contributed by atoms with van der Waals surface area (Å²) in [7, 11) is 1.73. The lowest BCUT2D eigenvalue weighted by molar-refractivity contribution is -0.130. The first-order valence-corrected chi connectivity index (χ1v) is 8.65. The largest absolute Gasteiger partial charge is 0.361 e. The highest BCUT2D eigenvalue weighted by molar-refractivity contribution is 6.02. The quantitative estimate of drug-likeness (QED) is 0.735. The van der Waals surface area contributed by atoms with Crippen LogP contribution in [0.5, 0.6) is 0 Å². The molecule has 0 saturated carbocycles. The van der Waals surface area contributed by atoms with Gasteiger partial charge in [0.25, 0.3) is 0 Å². The molecular formula is C19H19FN2O3. The molecule has 0 aliphatic carbocycles. The van der Waals surface area contributed by atoms with Gasteiger partial charge in [-0.1, -0.05) is 12.2 Å². The van der Waals surface area contributed by atoms with Gasteiger partial charge in [-0.25, -0.2) is 4.39 Å². The topological polar surface area (TPSA) is 49.9 Å². The van der Waals surface area contributed by atoms with Crippen molar-refractivity contribution in [1.29, 1.82) is 0 Å². The van der Waals surface area contributed by atoms with E-state index in [1.165, 1.54) is 19.1 Å². The maximum absolute atomic E-state index is 13.9. The fraction of sp³-hybridized carbons (Fsp3) is 0.474. The van der Waals surface area contributed by atoms with Crippen LogP contribution in [0, 0.1) is 11.7 Å². The Kier molecular flexibility index (Phi) is 2.83. The third kappa shape index (κ3) is 1.75. The lowest BCUT2D eigenvalue weighted by atomic mass is 9.78. The van der Waals surface area contributed by atoms with E-state index in [0.717, 1.165) is 0 Å². The van der Waals surface area contributed by atoms with Crippen molar-refractivity contribution in [2.45, 2.75) is 43.6 Å². The van der Waals surface area contributed by atoms with Crippen LogP contribution in [0.4, 0.5) is 10.1 Å². The summed E-state index contributed by atoms with van der Waals surface area (Å²) >= 11 is 0. The molecule has 1 spiro atoms. The first-order chi connectivity index (χ1) is 11.9. The van der Waals surface area contributed by atoms with Crippen LogP contribution in [-0.2, 0) is 14.3 Å². The van der Waals surface area contributed by atoms with Crippen molar-refractivity contribution in [2.24, 2.45) is 5.92 Å². The number of halogens is 1. The molecule has 25 heavy (non-hydrogen) atoms. The van der Waals surface area contributed by atoms with Gasteiger partial charge < -0.3 is 14.5 Å². The normalized spacial score (nSPS) is 37.1. The van der Waals surface area contributed by atoms with Gasteiger partial charge in [-0.2, -0.15) is 0 Å². The van der Waals surface area contributed by atoms with Crippen molar-refractivity contribution in [3.63, 3.8) is 0 Å². The van der Waals surface area contributed by atoms with Crippen molar-refractivity contribution >= 4 is 17.5 Å². The van der Waals surface area contributed by atoms with E-state index in [0.29, 0.717) is 24.1 Å². The number of hydrogen-bond acceptors (Lipinski definition) is 3. The zero-order valence-corrected chi connectivity index (χ0v) is 14.1. The van der Waals surface area contributed by atoms with Crippen LogP contribution < -0.4 is 4.90 Å². The second-order valence-corrected chi connectivity index (χ2v) is 7.47. The number of carbonyl (C=O) groups is 2. The number of anilines is 1. The Bertz CT molecular complexity index is 838. The van der Waals surface area contributed by atoms with Crippen LogP contribution in [0.3, 0.4) is 0 Å². The predicted molar refractivity (Wildman–Crippen MR) is 88.3 cm³/mol. The fourth-order valence-electron chi connectivity index (χ4n) is 5.09. The molecule has 130 valence electrons. The predicted octanol–water partition coefficient (Wildman–Crippen LogP) is 2.18. The number of hydrogen-bond donors (Lipinski definition) is 0. The Hall–Kier alpha value is -2.21. The van der Waals surface area contributed by atoms with Gasteiger partial charge >= 0.3 is 0 Å². The molecule has 0 radical (unpaired) electrons. The van der Waals surface area contributed by atoms with Gasteiger partial charge in [0.15, 0.2) is 0 Å². The molecule has 5 nitrogen and oxygen atoms in total. The maximum Gasteiger partial charge on any atom is 0.233 e. The van der Waals surface area contributed by atoms with E-state index < -0.39 is 5.60 Å². The van der Waals surface area contributed by atoms with Crippen molar-refractivity contribution in [3.05, 3.63) is 41.7 Å². The van der Waals surface area contributed by atoms with Crippen LogP contribution in [0.15, 0.2) is 30.4 Å². The van der Waals surface area contributed by atoms with E-state index in [-0.39, 0.29) is 41.7 Å². The van der Waals surface area contributed by atoms with Gasteiger partial charge in [0, 0.05) is 25.2 Å². The van der Waals surface area contributed by atoms with Crippen molar-refractivity contribution < 1.29 is 18.7 Å². The van der Waals surface area contributed by atoms with E-state index in [1.807, 2.05) is 12.2 Å². The van der Waals surface area contributed by atoms with Crippen LogP contribution in [0.2, 0.25) is 0 Å². The Morgan fingerprint density at radius 1 is 1.40 bits per heavy atom. The monoisotopic (exact) mass is 342 g/mol. The third-order valence-electron chi connectivity index (χ3n) is 6.33. The number of amides is 2. The molecule has 2 saturated heterocycles. The van der Waals surface area contributed by atoms with Gasteiger partial charge in [-0.15, -0.1) is 0 Å². The maximum atomic E-state index is 13.9. The van der Waals surface area contributed by atoms with Gasteiger partial charge in [0.2, 0.25) is 11.8 Å². The number of rotatable bonds is 1. The molecular weight excluding hydrogens is 323 g/mol. The SMILES string of the molecule is CC(=O)N(C)[C@H]1C[C@@H]2N(C(=O)[C@@H]3C[C@H]4C=C[C@@]23O4)c2ccc(F)cc21. The minimum absolute atomic E-state index is 0.00898. The van der Waals surface area contributed by atoms with Crippen LogP contribution in [0.25, 0.3) is 0 Å². The molecule has 2 fully saturated rings. The van der Waals surface area contributed by atoms with Gasteiger partial charge in [0.05, 0.1) is 24.1 Å². The number of ether oxygens (including phenoxy) is 1. The molecule has 2 bridgehead atoms. The molecule has 4 aliphatic heterocycles. The highest BCUT2D eigenvalue weighted by Crippen LogP contribution is 2.57. The fourth-order valence-corrected chi connectivity index (χ4v) is 5.09. The molecule has 1 aromatic carbocycles. The summed E-state index contributed by atoms with van der Waals surface area (Å²) in [5, 5.41) is 0. The van der Waals surface area contributed by atoms with Gasteiger partial charge in [-0.3, -0.25) is 9.59 Å². The van der Waals surface area contributed by atoms with Crippen molar-refractivity contribution in [1.82, 2.24) is 4.90 Å². The van der Waals surface area contributed by atoms with E-state index in [2.05, 4.69) is 0 Å². The van der Waals surface area contributed by atoms with Crippen LogP contribution in [0.1, 0.15) is 31.4 Å². The molecule has 5 rings (SSSR count). The van der Waals surface area contributed by atoms with E-state index in [9.17, 15) is 14.0 Å². The Morgan fingerprint density at radius 3 is 2.92 bits per heavy atom. The molecule has 4 heterocycles. The molecule has 5 atom stereocenters. The van der Waals surface area contributed by atoms with E-state index in [4.69, 9.17) is 4.74 Å². The Balaban J connectivity index is 1.68. The molecule has 1 aromatic rings. The number of fused-ring (bicyclic) bond motifs is 4. The summed E-state index contributed by atoms with van der Waals surface area (Å²) in [6, 6.07) is 4.03. The number of carbonyl (C=O) groups excluding carboxylic acids is 2. The zero-order valence-electron chi connectivity index (χ0n) is 14.1. The number of nitrogens with zero attached hydrogens (tertiary/aromatic N) is 2. The average molecular weight is 342 g/mol. The van der Waals surface area contributed by atoms with E-state index in [1.54, 1.807) is 22.9 Å². The highest BCUT2D eigenvalue weighted by atomic mass is 19.1. The standard InChI is InChI=1S/C19H19FN2O3/c1-10(23)21(2)16-9-17-19-6-5-12(25-19)8-14(19)18(24)22(17)15-4-3-11(20)7-13(15)16/h3-7,12,14,16-17H,8-9H2,1-2H3/t12-,14+,16+,17+,19+/m1/s1. The highest BCUT2D eigenvalue weighted by Gasteiger charge is 2.67. The molecule has 0 aromatic heterocycles. The Morgan fingerprint density at radius 2 is 2.20 bits per heavy atom. The lowest BCUT2D eigenvalue weighted by Gasteiger charge is -2.43. The molecule has 0 unspecified atom stereocenters. The molecule has 0 N–H and O–H groups in total. The Labute approximate surface area is 145 Å². The second kappa shape index (κ2) is 4.69. The van der Waals surface area contributed by atoms with Crippen molar-refractivity contribution in [2.75, 3.05) is 11.9 Å². The smallest absolute Gasteiger partial charge is 0.233 e. The van der Waals surface area contributed by atoms with Crippen molar-refractivity contribution in [3.8, 4) is 0 Å². The first-order valence-electron chi connectivity index (χ1n) is 8.65. The minimum atomic E-state index is -0.607. The van der Waals surface area contributed by atoms with Gasteiger partial charge in [-0.05, 0) is 31.0 Å². The molecule has 2 amide bonds. The third-order valence-corrected chi connectivity index (χ3v) is 6.33. The second-order valence-electron chi connectivity index (χ2n) is 7.47. The van der Waals surface area contributed by atoms with Crippen LogP contribution >= 0.6 is 0 Å². The summed E-state index contributed by atoms with van der Waals surface area (Å²) in [5.41, 5.74) is 0.783. The molecule has 4 aliphatic rings. The average Bonchev–Trinajstić information content (AvgIpc) is 3.23. The summed E-state index contributed by atoms with van der Waals surface area (Å²) in [6.07, 6.45) is 5.33. The summed E-state index contributed by atoms with van der Waals surface area (Å²) in [6.45, 7) is 1.50. The first kappa shape index (κ1) is 15.1. The van der Waals surface area contributed by atoms with Crippen LogP contribution in [-0.4, -0.2) is 41.5 Å². The summed E-state index contributed by atoms with van der Waals surface area (Å²) in [5.74, 6) is -0.583. The number of benzene rings is 1.